The Balaban J connectivity index is 2.50. The van der Waals surface area contributed by atoms with Gasteiger partial charge in [-0.15, -0.1) is 0 Å². The van der Waals surface area contributed by atoms with Crippen molar-refractivity contribution in [2.45, 2.75) is 19.8 Å². The molecule has 0 unspecified atom stereocenters. The van der Waals surface area contributed by atoms with Crippen LogP contribution < -0.4 is 20.1 Å². The molecule has 0 bridgehead atoms. The largest absolute Gasteiger partial charge is 0.493 e. The minimum atomic E-state index is 0.639. The smallest absolute Gasteiger partial charge is 0.190 e. The average molecular weight is 279 g/mol. The van der Waals surface area contributed by atoms with Crippen molar-refractivity contribution in [3.63, 3.8) is 0 Å². The normalized spacial score (nSPS) is 11.1. The number of methoxy groups -OCH3 is 1. The van der Waals surface area contributed by atoms with Crippen LogP contribution in [0.4, 0.5) is 0 Å². The van der Waals surface area contributed by atoms with Gasteiger partial charge in [0, 0.05) is 20.6 Å². The van der Waals surface area contributed by atoms with Crippen LogP contribution in [0.1, 0.15) is 18.9 Å². The summed E-state index contributed by atoms with van der Waals surface area (Å²) < 4.78 is 10.9. The fraction of sp³-hybridized carbons (Fsp3) is 0.533. The van der Waals surface area contributed by atoms with E-state index < -0.39 is 0 Å². The lowest BCUT2D eigenvalue weighted by Gasteiger charge is -2.12. The second-order valence-corrected chi connectivity index (χ2v) is 4.27. The summed E-state index contributed by atoms with van der Waals surface area (Å²) in [6.07, 6.45) is 2.01. The van der Waals surface area contributed by atoms with E-state index >= 15 is 0 Å². The van der Waals surface area contributed by atoms with Crippen molar-refractivity contribution in [3.8, 4) is 11.5 Å². The second-order valence-electron chi connectivity index (χ2n) is 4.27. The van der Waals surface area contributed by atoms with Gasteiger partial charge in [0.15, 0.2) is 17.5 Å². The predicted octanol–water partition coefficient (Wildman–Crippen LogP) is 1.82. The number of ether oxygens (including phenoxy) is 2. The zero-order valence-corrected chi connectivity index (χ0v) is 12.8. The third-order valence-electron chi connectivity index (χ3n) is 2.92. The summed E-state index contributed by atoms with van der Waals surface area (Å²) in [5.74, 6) is 2.41. The average Bonchev–Trinajstić information content (AvgIpc) is 2.48. The Labute approximate surface area is 121 Å². The van der Waals surface area contributed by atoms with Crippen LogP contribution in [0.25, 0.3) is 0 Å². The summed E-state index contributed by atoms with van der Waals surface area (Å²) in [5, 5.41) is 6.23. The second kappa shape index (κ2) is 9.07. The molecule has 0 atom stereocenters. The van der Waals surface area contributed by atoms with Gasteiger partial charge in [-0.05, 0) is 37.5 Å². The number of rotatable bonds is 7. The van der Waals surface area contributed by atoms with Crippen molar-refractivity contribution in [1.29, 1.82) is 0 Å². The molecule has 0 spiro atoms. The van der Waals surface area contributed by atoms with Gasteiger partial charge in [0.25, 0.3) is 0 Å². The number of guanidine groups is 1. The Bertz CT molecular complexity index is 433. The molecule has 0 aliphatic carbocycles. The van der Waals surface area contributed by atoms with Crippen molar-refractivity contribution in [3.05, 3.63) is 23.8 Å². The van der Waals surface area contributed by atoms with E-state index in [-0.39, 0.29) is 0 Å². The summed E-state index contributed by atoms with van der Waals surface area (Å²) in [4.78, 5) is 4.07. The van der Waals surface area contributed by atoms with Crippen LogP contribution in [0.5, 0.6) is 11.5 Å². The Morgan fingerprint density at radius 2 is 2.10 bits per heavy atom. The standard InChI is InChI=1S/C15H25N3O2/c1-5-20-14-11-12(8-9-13(14)19-4)7-6-10-18-15(16-2)17-3/h8-9,11H,5-7,10H2,1-4H3,(H2,16,17,18). The van der Waals surface area contributed by atoms with Crippen molar-refractivity contribution in [2.75, 3.05) is 34.4 Å². The van der Waals surface area contributed by atoms with Gasteiger partial charge in [-0.2, -0.15) is 0 Å². The Kier molecular flexibility index (Phi) is 7.32. The molecular weight excluding hydrogens is 254 g/mol. The molecule has 0 aliphatic heterocycles. The summed E-state index contributed by atoms with van der Waals surface area (Å²) >= 11 is 0. The number of nitrogens with one attached hydrogen (secondary N) is 2. The van der Waals surface area contributed by atoms with E-state index in [9.17, 15) is 0 Å². The van der Waals surface area contributed by atoms with E-state index in [2.05, 4.69) is 27.8 Å². The van der Waals surface area contributed by atoms with Gasteiger partial charge in [-0.25, -0.2) is 0 Å². The number of aryl methyl sites for hydroxylation is 1. The fourth-order valence-corrected chi connectivity index (χ4v) is 1.92. The first kappa shape index (κ1) is 16.1. The molecule has 5 heteroatoms. The van der Waals surface area contributed by atoms with Gasteiger partial charge in [0.1, 0.15) is 0 Å². The van der Waals surface area contributed by atoms with Gasteiger partial charge >= 0.3 is 0 Å². The molecular formula is C15H25N3O2. The summed E-state index contributed by atoms with van der Waals surface area (Å²) in [6.45, 7) is 3.49. The van der Waals surface area contributed by atoms with Gasteiger partial charge in [-0.3, -0.25) is 4.99 Å². The van der Waals surface area contributed by atoms with Crippen LogP contribution in [0.2, 0.25) is 0 Å². The highest BCUT2D eigenvalue weighted by molar-refractivity contribution is 5.79. The molecule has 2 N–H and O–H groups in total. The topological polar surface area (TPSA) is 54.9 Å². The minimum absolute atomic E-state index is 0.639. The molecule has 0 fully saturated rings. The van der Waals surface area contributed by atoms with E-state index in [1.54, 1.807) is 14.2 Å². The van der Waals surface area contributed by atoms with Crippen molar-refractivity contribution >= 4 is 5.96 Å². The molecule has 0 amide bonds. The Morgan fingerprint density at radius 1 is 1.30 bits per heavy atom. The first-order valence-corrected chi connectivity index (χ1v) is 6.93. The molecule has 1 aromatic carbocycles. The quantitative estimate of drug-likeness (QED) is 0.454. The fourth-order valence-electron chi connectivity index (χ4n) is 1.92. The predicted molar refractivity (Wildman–Crippen MR) is 82.9 cm³/mol. The van der Waals surface area contributed by atoms with Crippen LogP contribution >= 0.6 is 0 Å². The van der Waals surface area contributed by atoms with Crippen molar-refractivity contribution < 1.29 is 9.47 Å². The Morgan fingerprint density at radius 3 is 2.70 bits per heavy atom. The molecule has 0 aromatic heterocycles. The van der Waals surface area contributed by atoms with Gasteiger partial charge in [0.05, 0.1) is 13.7 Å². The van der Waals surface area contributed by atoms with Gasteiger partial charge in [-0.1, -0.05) is 6.07 Å². The third-order valence-corrected chi connectivity index (χ3v) is 2.92. The Hall–Kier alpha value is -1.91. The highest BCUT2D eigenvalue weighted by atomic mass is 16.5. The molecule has 0 radical (unpaired) electrons. The van der Waals surface area contributed by atoms with E-state index in [1.165, 1.54) is 5.56 Å². The minimum Gasteiger partial charge on any atom is -0.493 e. The first-order valence-electron chi connectivity index (χ1n) is 6.93. The van der Waals surface area contributed by atoms with Crippen LogP contribution in [0.15, 0.2) is 23.2 Å². The molecule has 0 aliphatic rings. The molecule has 1 rings (SSSR count). The lowest BCUT2D eigenvalue weighted by molar-refractivity contribution is 0.310. The molecule has 112 valence electrons. The van der Waals surface area contributed by atoms with Crippen LogP contribution in [-0.2, 0) is 6.42 Å². The molecule has 0 heterocycles. The van der Waals surface area contributed by atoms with Crippen molar-refractivity contribution in [2.24, 2.45) is 4.99 Å². The molecule has 0 saturated heterocycles. The first-order chi connectivity index (χ1) is 9.74. The van der Waals surface area contributed by atoms with E-state index in [0.29, 0.717) is 6.61 Å². The maximum absolute atomic E-state index is 5.58. The number of nitrogens with zero attached hydrogens (tertiary/aromatic N) is 1. The summed E-state index contributed by atoms with van der Waals surface area (Å²) in [5.41, 5.74) is 1.25. The SMILES string of the molecule is CCOc1cc(CCCNC(=NC)NC)ccc1OC. The maximum atomic E-state index is 5.58. The number of hydrogen-bond donors (Lipinski definition) is 2. The van der Waals surface area contributed by atoms with Crippen LogP contribution in [0.3, 0.4) is 0 Å². The number of hydrogen-bond acceptors (Lipinski definition) is 3. The van der Waals surface area contributed by atoms with E-state index in [4.69, 9.17) is 9.47 Å². The lowest BCUT2D eigenvalue weighted by Crippen LogP contribution is -2.35. The summed E-state index contributed by atoms with van der Waals surface area (Å²) in [7, 11) is 5.27. The molecule has 0 saturated carbocycles. The van der Waals surface area contributed by atoms with Crippen LogP contribution in [-0.4, -0.2) is 40.3 Å². The van der Waals surface area contributed by atoms with Gasteiger partial charge in [0.2, 0.25) is 0 Å². The van der Waals surface area contributed by atoms with Crippen molar-refractivity contribution in [1.82, 2.24) is 10.6 Å². The number of benzene rings is 1. The van der Waals surface area contributed by atoms with E-state index in [1.807, 2.05) is 20.0 Å². The van der Waals surface area contributed by atoms with Crippen LogP contribution in [0, 0.1) is 0 Å². The zero-order chi connectivity index (χ0) is 14.8. The van der Waals surface area contributed by atoms with E-state index in [0.717, 1.165) is 36.8 Å². The summed E-state index contributed by atoms with van der Waals surface area (Å²) in [6, 6.07) is 6.09. The molecule has 5 nitrogen and oxygen atoms in total. The third kappa shape index (κ3) is 4.99. The molecule has 20 heavy (non-hydrogen) atoms. The number of aliphatic imine (C=N–C) groups is 1. The highest BCUT2D eigenvalue weighted by Crippen LogP contribution is 2.28. The molecule has 1 aromatic rings. The van der Waals surface area contributed by atoms with Gasteiger partial charge < -0.3 is 20.1 Å². The zero-order valence-electron chi connectivity index (χ0n) is 12.8. The lowest BCUT2D eigenvalue weighted by atomic mass is 10.1. The maximum Gasteiger partial charge on any atom is 0.190 e. The highest BCUT2D eigenvalue weighted by Gasteiger charge is 2.05. The monoisotopic (exact) mass is 279 g/mol.